The number of phenols is 1. The van der Waals surface area contributed by atoms with Gasteiger partial charge >= 0.3 is 0 Å². The van der Waals surface area contributed by atoms with Crippen LogP contribution in [0, 0.1) is 10.5 Å². The predicted molar refractivity (Wildman–Crippen MR) is 96.2 cm³/mol. The van der Waals surface area contributed by atoms with E-state index in [4.69, 9.17) is 0 Å². The fourth-order valence-electron chi connectivity index (χ4n) is 1.70. The van der Waals surface area contributed by atoms with Crippen LogP contribution in [0.15, 0.2) is 47.6 Å². The summed E-state index contributed by atoms with van der Waals surface area (Å²) >= 11 is 2.14. The van der Waals surface area contributed by atoms with Gasteiger partial charge in [0.15, 0.2) is 0 Å². The number of benzene rings is 2. The first-order valence-electron chi connectivity index (χ1n) is 6.65. The fraction of sp³-hybridized carbons (Fsp3) is 0.125. The van der Waals surface area contributed by atoms with Crippen molar-refractivity contribution in [2.45, 2.75) is 6.92 Å². The summed E-state index contributed by atoms with van der Waals surface area (Å²) in [6, 6.07) is 12.9. The zero-order valence-corrected chi connectivity index (χ0v) is 14.2. The molecule has 2 aromatic carbocycles. The van der Waals surface area contributed by atoms with Crippen LogP contribution in [0.4, 0.5) is 5.69 Å². The Hall–Kier alpha value is -2.09. The Morgan fingerprint density at radius 3 is 2.73 bits per heavy atom. The maximum absolute atomic E-state index is 11.7. The molecule has 114 valence electrons. The molecule has 22 heavy (non-hydrogen) atoms. The highest BCUT2D eigenvalue weighted by molar-refractivity contribution is 14.1. The maximum Gasteiger partial charge on any atom is 0.259 e. The zero-order valence-electron chi connectivity index (χ0n) is 12.0. The second-order valence-corrected chi connectivity index (χ2v) is 5.96. The third-order valence-corrected chi connectivity index (χ3v) is 3.56. The smallest absolute Gasteiger partial charge is 0.259 e. The SMILES string of the molecule is Cc1ccc(NCC(=O)NN=Cc2cc(I)ccc2O)cc1. The van der Waals surface area contributed by atoms with Crippen LogP contribution in [0.25, 0.3) is 0 Å². The second-order valence-electron chi connectivity index (χ2n) is 4.72. The zero-order chi connectivity index (χ0) is 15.9. The van der Waals surface area contributed by atoms with Crippen LogP contribution >= 0.6 is 22.6 Å². The Morgan fingerprint density at radius 1 is 1.27 bits per heavy atom. The van der Waals surface area contributed by atoms with Crippen LogP contribution in [-0.4, -0.2) is 23.8 Å². The number of carbonyl (C=O) groups excluding carboxylic acids is 1. The standard InChI is InChI=1S/C16H16IN3O2/c1-11-2-5-14(6-3-11)18-10-16(22)20-19-9-12-8-13(17)4-7-15(12)21/h2-9,18,21H,10H2,1H3,(H,20,22). The number of nitrogens with zero attached hydrogens (tertiary/aromatic N) is 1. The van der Waals surface area contributed by atoms with Crippen molar-refractivity contribution in [1.29, 1.82) is 0 Å². The molecule has 0 unspecified atom stereocenters. The van der Waals surface area contributed by atoms with Crippen molar-refractivity contribution in [3.05, 3.63) is 57.2 Å². The number of hydrazone groups is 1. The number of aryl methyl sites for hydroxylation is 1. The summed E-state index contributed by atoms with van der Waals surface area (Å²) in [6.45, 7) is 2.13. The van der Waals surface area contributed by atoms with Gasteiger partial charge in [0.25, 0.3) is 5.91 Å². The summed E-state index contributed by atoms with van der Waals surface area (Å²) in [5, 5.41) is 16.5. The van der Waals surface area contributed by atoms with Crippen LogP contribution in [0.1, 0.15) is 11.1 Å². The molecule has 0 saturated carbocycles. The van der Waals surface area contributed by atoms with Crippen molar-refractivity contribution in [1.82, 2.24) is 5.43 Å². The van der Waals surface area contributed by atoms with E-state index in [1.807, 2.05) is 31.2 Å². The molecule has 0 aliphatic rings. The molecule has 0 bridgehead atoms. The second kappa shape index (κ2) is 7.79. The first-order chi connectivity index (χ1) is 10.5. The van der Waals surface area contributed by atoms with Crippen molar-refractivity contribution in [2.24, 2.45) is 5.10 Å². The molecule has 0 aromatic heterocycles. The molecule has 0 aliphatic heterocycles. The number of hydrogen-bond donors (Lipinski definition) is 3. The van der Waals surface area contributed by atoms with E-state index in [2.05, 4.69) is 38.4 Å². The molecular weight excluding hydrogens is 393 g/mol. The molecular formula is C16H16IN3O2. The van der Waals surface area contributed by atoms with E-state index in [1.54, 1.807) is 18.2 Å². The number of amides is 1. The van der Waals surface area contributed by atoms with Crippen molar-refractivity contribution in [3.8, 4) is 5.75 Å². The Balaban J connectivity index is 1.83. The lowest BCUT2D eigenvalue weighted by Crippen LogP contribution is -2.25. The van der Waals surface area contributed by atoms with Crippen LogP contribution in [0.3, 0.4) is 0 Å². The Kier molecular flexibility index (Phi) is 5.76. The van der Waals surface area contributed by atoms with E-state index in [0.717, 1.165) is 14.8 Å². The van der Waals surface area contributed by atoms with Crippen LogP contribution < -0.4 is 10.7 Å². The van der Waals surface area contributed by atoms with Crippen LogP contribution in [-0.2, 0) is 4.79 Å². The van der Waals surface area contributed by atoms with E-state index in [1.165, 1.54) is 6.21 Å². The molecule has 2 rings (SSSR count). The number of phenolic OH excluding ortho intramolecular Hbond substituents is 1. The van der Waals surface area contributed by atoms with Gasteiger partial charge in [0.1, 0.15) is 5.75 Å². The van der Waals surface area contributed by atoms with Gasteiger partial charge in [-0.1, -0.05) is 17.7 Å². The molecule has 0 heterocycles. The van der Waals surface area contributed by atoms with Crippen molar-refractivity contribution >= 4 is 40.4 Å². The van der Waals surface area contributed by atoms with Crippen molar-refractivity contribution in [2.75, 3.05) is 11.9 Å². The first kappa shape index (κ1) is 16.3. The third-order valence-electron chi connectivity index (χ3n) is 2.89. The molecule has 0 spiro atoms. The first-order valence-corrected chi connectivity index (χ1v) is 7.73. The summed E-state index contributed by atoms with van der Waals surface area (Å²) in [6.07, 6.45) is 1.42. The lowest BCUT2D eigenvalue weighted by Gasteiger charge is -2.05. The largest absolute Gasteiger partial charge is 0.507 e. The maximum atomic E-state index is 11.7. The van der Waals surface area contributed by atoms with E-state index in [9.17, 15) is 9.90 Å². The van der Waals surface area contributed by atoms with Gasteiger partial charge < -0.3 is 10.4 Å². The molecule has 0 aliphatic carbocycles. The highest BCUT2D eigenvalue weighted by Gasteiger charge is 2.01. The van der Waals surface area contributed by atoms with E-state index in [-0.39, 0.29) is 18.2 Å². The normalized spacial score (nSPS) is 10.6. The Bertz CT molecular complexity index is 684. The number of carbonyl (C=O) groups is 1. The number of halogens is 1. The molecule has 6 heteroatoms. The molecule has 0 saturated heterocycles. The summed E-state index contributed by atoms with van der Waals surface area (Å²) < 4.78 is 0.976. The Morgan fingerprint density at radius 2 is 2.00 bits per heavy atom. The third kappa shape index (κ3) is 5.03. The van der Waals surface area contributed by atoms with Gasteiger partial charge in [0.2, 0.25) is 0 Å². The van der Waals surface area contributed by atoms with Crippen molar-refractivity contribution in [3.63, 3.8) is 0 Å². The molecule has 0 radical (unpaired) electrons. The minimum absolute atomic E-state index is 0.121. The van der Waals surface area contributed by atoms with E-state index >= 15 is 0 Å². The number of anilines is 1. The number of hydrogen-bond acceptors (Lipinski definition) is 4. The van der Waals surface area contributed by atoms with Gasteiger partial charge in [-0.3, -0.25) is 4.79 Å². The highest BCUT2D eigenvalue weighted by Crippen LogP contribution is 2.17. The van der Waals surface area contributed by atoms with Gasteiger partial charge in [0.05, 0.1) is 12.8 Å². The molecule has 5 nitrogen and oxygen atoms in total. The average molecular weight is 409 g/mol. The summed E-state index contributed by atoms with van der Waals surface area (Å²) in [7, 11) is 0. The van der Waals surface area contributed by atoms with Crippen molar-refractivity contribution < 1.29 is 9.90 Å². The monoisotopic (exact) mass is 409 g/mol. The molecule has 1 amide bonds. The minimum Gasteiger partial charge on any atom is -0.507 e. The van der Waals surface area contributed by atoms with Gasteiger partial charge in [-0.2, -0.15) is 5.10 Å². The predicted octanol–water partition coefficient (Wildman–Crippen LogP) is 2.87. The van der Waals surface area contributed by atoms with Gasteiger partial charge in [-0.25, -0.2) is 5.43 Å². The lowest BCUT2D eigenvalue weighted by atomic mass is 10.2. The number of aromatic hydroxyl groups is 1. The summed E-state index contributed by atoms with van der Waals surface area (Å²) in [4.78, 5) is 11.7. The molecule has 3 N–H and O–H groups in total. The Labute approximate surface area is 142 Å². The molecule has 0 atom stereocenters. The highest BCUT2D eigenvalue weighted by atomic mass is 127. The van der Waals surface area contributed by atoms with Gasteiger partial charge in [0, 0.05) is 14.8 Å². The summed E-state index contributed by atoms with van der Waals surface area (Å²) in [5.41, 5.74) is 5.01. The molecule has 2 aromatic rings. The average Bonchev–Trinajstić information content (AvgIpc) is 2.50. The topological polar surface area (TPSA) is 73.7 Å². The van der Waals surface area contributed by atoms with E-state index in [0.29, 0.717) is 5.56 Å². The number of nitrogens with one attached hydrogen (secondary N) is 2. The van der Waals surface area contributed by atoms with Gasteiger partial charge in [-0.15, -0.1) is 0 Å². The number of rotatable bonds is 5. The lowest BCUT2D eigenvalue weighted by molar-refractivity contribution is -0.119. The quantitative estimate of drug-likeness (QED) is 0.404. The van der Waals surface area contributed by atoms with Gasteiger partial charge in [-0.05, 0) is 59.8 Å². The van der Waals surface area contributed by atoms with Crippen LogP contribution in [0.2, 0.25) is 0 Å². The fourth-order valence-corrected chi connectivity index (χ4v) is 2.21. The summed E-state index contributed by atoms with van der Waals surface area (Å²) in [5.74, 6) is -0.141. The van der Waals surface area contributed by atoms with E-state index < -0.39 is 0 Å². The molecule has 0 fully saturated rings. The van der Waals surface area contributed by atoms with Crippen LogP contribution in [0.5, 0.6) is 5.75 Å². The minimum atomic E-state index is -0.262.